The lowest BCUT2D eigenvalue weighted by Gasteiger charge is -2.33. The molecule has 2 aliphatic heterocycles. The molecular weight excluding hydrogens is 268 g/mol. The molecule has 0 radical (unpaired) electrons. The molecule has 5 heteroatoms. The van der Waals surface area contributed by atoms with Crippen LogP contribution in [0.1, 0.15) is 17.5 Å². The zero-order valence-corrected chi connectivity index (χ0v) is 12.6. The minimum atomic E-state index is 0.266. The Morgan fingerprint density at radius 3 is 2.48 bits per heavy atom. The van der Waals surface area contributed by atoms with Gasteiger partial charge in [0.1, 0.15) is 0 Å². The Bertz CT molecular complexity index is 541. The number of carbonyl (C=O) groups is 1. The summed E-state index contributed by atoms with van der Waals surface area (Å²) in [4.78, 5) is 14.3. The fourth-order valence-electron chi connectivity index (χ4n) is 2.96. The molecule has 0 unspecified atom stereocenters. The number of hydrogen-bond donors (Lipinski definition) is 1. The van der Waals surface area contributed by atoms with Crippen LogP contribution in [0.3, 0.4) is 0 Å². The van der Waals surface area contributed by atoms with Crippen molar-refractivity contribution in [2.24, 2.45) is 5.92 Å². The molecule has 0 saturated carbocycles. The Morgan fingerprint density at radius 2 is 1.90 bits per heavy atom. The van der Waals surface area contributed by atoms with E-state index in [2.05, 4.69) is 5.32 Å². The third-order valence-electron chi connectivity index (χ3n) is 4.40. The summed E-state index contributed by atoms with van der Waals surface area (Å²) >= 11 is 0. The highest BCUT2D eigenvalue weighted by Crippen LogP contribution is 2.33. The van der Waals surface area contributed by atoms with E-state index in [1.807, 2.05) is 17.0 Å². The standard InChI is InChI=1S/C16H22N2O3/c1-20-14-6-12-3-4-18(10-13(12)7-15(14)21-2)16(19)5-11-8-17-9-11/h6-7,11,17H,3-5,8-10H2,1-2H3. The van der Waals surface area contributed by atoms with Gasteiger partial charge in [-0.1, -0.05) is 0 Å². The summed E-state index contributed by atoms with van der Waals surface area (Å²) in [5.74, 6) is 2.27. The topological polar surface area (TPSA) is 50.8 Å². The molecule has 1 aromatic carbocycles. The van der Waals surface area contributed by atoms with Crippen molar-refractivity contribution in [2.45, 2.75) is 19.4 Å². The van der Waals surface area contributed by atoms with E-state index in [0.29, 0.717) is 18.9 Å². The van der Waals surface area contributed by atoms with Crippen LogP contribution in [0, 0.1) is 5.92 Å². The largest absolute Gasteiger partial charge is 0.493 e. The first-order valence-electron chi connectivity index (χ1n) is 7.43. The number of carbonyl (C=O) groups excluding carboxylic acids is 1. The molecule has 2 aliphatic rings. The molecule has 0 bridgehead atoms. The lowest BCUT2D eigenvalue weighted by Crippen LogP contribution is -2.46. The number of hydrogen-bond acceptors (Lipinski definition) is 4. The van der Waals surface area contributed by atoms with E-state index < -0.39 is 0 Å². The van der Waals surface area contributed by atoms with Crippen molar-refractivity contribution in [1.82, 2.24) is 10.2 Å². The maximum Gasteiger partial charge on any atom is 0.223 e. The average Bonchev–Trinajstić information content (AvgIpc) is 2.48. The van der Waals surface area contributed by atoms with Crippen LogP contribution < -0.4 is 14.8 Å². The number of methoxy groups -OCH3 is 2. The van der Waals surface area contributed by atoms with E-state index in [1.165, 1.54) is 11.1 Å². The van der Waals surface area contributed by atoms with E-state index in [-0.39, 0.29) is 5.91 Å². The summed E-state index contributed by atoms with van der Waals surface area (Å²) in [6.07, 6.45) is 1.54. The summed E-state index contributed by atoms with van der Waals surface area (Å²) in [6.45, 7) is 3.42. The first kappa shape index (κ1) is 14.2. The minimum absolute atomic E-state index is 0.266. The van der Waals surface area contributed by atoms with Gasteiger partial charge < -0.3 is 19.7 Å². The molecule has 0 aromatic heterocycles. The number of amides is 1. The number of fused-ring (bicyclic) bond motifs is 1. The molecule has 0 aliphatic carbocycles. The predicted molar refractivity (Wildman–Crippen MR) is 79.6 cm³/mol. The zero-order valence-electron chi connectivity index (χ0n) is 12.6. The predicted octanol–water partition coefficient (Wildman–Crippen LogP) is 1.20. The molecule has 1 saturated heterocycles. The molecule has 114 valence electrons. The van der Waals surface area contributed by atoms with Gasteiger partial charge in [0, 0.05) is 19.5 Å². The first-order valence-corrected chi connectivity index (χ1v) is 7.43. The highest BCUT2D eigenvalue weighted by Gasteiger charge is 2.26. The second kappa shape index (κ2) is 5.93. The fourth-order valence-corrected chi connectivity index (χ4v) is 2.96. The Kier molecular flexibility index (Phi) is 4.01. The van der Waals surface area contributed by atoms with E-state index >= 15 is 0 Å². The monoisotopic (exact) mass is 290 g/mol. The number of rotatable bonds is 4. The van der Waals surface area contributed by atoms with Gasteiger partial charge in [-0.15, -0.1) is 0 Å². The first-order chi connectivity index (χ1) is 10.2. The molecule has 1 aromatic rings. The minimum Gasteiger partial charge on any atom is -0.493 e. The van der Waals surface area contributed by atoms with Crippen molar-refractivity contribution >= 4 is 5.91 Å². The number of benzene rings is 1. The summed E-state index contributed by atoms with van der Waals surface area (Å²) in [6, 6.07) is 4.03. The van der Waals surface area contributed by atoms with Crippen LogP contribution in [-0.2, 0) is 17.8 Å². The molecule has 21 heavy (non-hydrogen) atoms. The second-order valence-electron chi connectivity index (χ2n) is 5.77. The summed E-state index contributed by atoms with van der Waals surface area (Å²) < 4.78 is 10.7. The Morgan fingerprint density at radius 1 is 1.24 bits per heavy atom. The maximum absolute atomic E-state index is 12.3. The van der Waals surface area contributed by atoms with Crippen molar-refractivity contribution in [3.8, 4) is 11.5 Å². The van der Waals surface area contributed by atoms with E-state index in [4.69, 9.17) is 9.47 Å². The summed E-state index contributed by atoms with van der Waals surface area (Å²) in [5, 5.41) is 3.21. The summed E-state index contributed by atoms with van der Waals surface area (Å²) in [5.41, 5.74) is 2.42. The molecule has 2 heterocycles. The highest BCUT2D eigenvalue weighted by atomic mass is 16.5. The van der Waals surface area contributed by atoms with Crippen LogP contribution in [0.2, 0.25) is 0 Å². The Labute approximate surface area is 125 Å². The van der Waals surface area contributed by atoms with E-state index in [1.54, 1.807) is 14.2 Å². The van der Waals surface area contributed by atoms with Gasteiger partial charge in [0.05, 0.1) is 14.2 Å². The number of ether oxygens (including phenoxy) is 2. The van der Waals surface area contributed by atoms with Crippen molar-refractivity contribution in [3.05, 3.63) is 23.3 Å². The van der Waals surface area contributed by atoms with Crippen LogP contribution in [-0.4, -0.2) is 44.7 Å². The van der Waals surface area contributed by atoms with Gasteiger partial charge in [-0.25, -0.2) is 0 Å². The second-order valence-corrected chi connectivity index (χ2v) is 5.77. The number of nitrogens with one attached hydrogen (secondary N) is 1. The normalized spacial score (nSPS) is 17.9. The van der Waals surface area contributed by atoms with Crippen molar-refractivity contribution in [1.29, 1.82) is 0 Å². The lowest BCUT2D eigenvalue weighted by atomic mass is 9.95. The molecule has 5 nitrogen and oxygen atoms in total. The Hall–Kier alpha value is -1.75. The molecule has 1 amide bonds. The molecule has 1 N–H and O–H groups in total. The quantitative estimate of drug-likeness (QED) is 0.905. The van der Waals surface area contributed by atoms with E-state index in [0.717, 1.165) is 37.6 Å². The van der Waals surface area contributed by atoms with Crippen molar-refractivity contribution < 1.29 is 14.3 Å². The average molecular weight is 290 g/mol. The van der Waals surface area contributed by atoms with Crippen LogP contribution in [0.4, 0.5) is 0 Å². The molecule has 0 atom stereocenters. The smallest absolute Gasteiger partial charge is 0.223 e. The van der Waals surface area contributed by atoms with Crippen LogP contribution in [0.15, 0.2) is 12.1 Å². The van der Waals surface area contributed by atoms with Gasteiger partial charge in [-0.2, -0.15) is 0 Å². The van der Waals surface area contributed by atoms with Gasteiger partial charge in [-0.3, -0.25) is 4.79 Å². The molecule has 3 rings (SSSR count). The van der Waals surface area contributed by atoms with Crippen LogP contribution in [0.25, 0.3) is 0 Å². The Balaban J connectivity index is 1.73. The van der Waals surface area contributed by atoms with Crippen LogP contribution >= 0.6 is 0 Å². The van der Waals surface area contributed by atoms with Gasteiger partial charge >= 0.3 is 0 Å². The summed E-state index contributed by atoms with van der Waals surface area (Å²) in [7, 11) is 3.29. The molecule has 0 spiro atoms. The molecular formula is C16H22N2O3. The highest BCUT2D eigenvalue weighted by molar-refractivity contribution is 5.77. The van der Waals surface area contributed by atoms with E-state index in [9.17, 15) is 4.79 Å². The fraction of sp³-hybridized carbons (Fsp3) is 0.562. The SMILES string of the molecule is COc1cc2c(cc1OC)CN(C(=O)CC1CNC1)CC2. The number of nitrogens with zero attached hydrogens (tertiary/aromatic N) is 1. The third-order valence-corrected chi connectivity index (χ3v) is 4.40. The van der Waals surface area contributed by atoms with Gasteiger partial charge in [0.25, 0.3) is 0 Å². The molecule has 1 fully saturated rings. The van der Waals surface area contributed by atoms with Gasteiger partial charge in [-0.05, 0) is 48.7 Å². The third kappa shape index (κ3) is 2.83. The van der Waals surface area contributed by atoms with Crippen molar-refractivity contribution in [3.63, 3.8) is 0 Å². The lowest BCUT2D eigenvalue weighted by molar-refractivity contribution is -0.133. The van der Waals surface area contributed by atoms with Gasteiger partial charge in [0.2, 0.25) is 5.91 Å². The van der Waals surface area contributed by atoms with Crippen LogP contribution in [0.5, 0.6) is 11.5 Å². The van der Waals surface area contributed by atoms with Crippen molar-refractivity contribution in [2.75, 3.05) is 33.9 Å². The zero-order chi connectivity index (χ0) is 14.8. The van der Waals surface area contributed by atoms with Gasteiger partial charge in [0.15, 0.2) is 11.5 Å². The maximum atomic E-state index is 12.3.